The molecule has 2 unspecified atom stereocenters. The molecule has 1 saturated heterocycles. The number of likely N-dealkylation sites (tertiary alicyclic amines) is 1. The lowest BCUT2D eigenvalue weighted by molar-refractivity contribution is -0.131. The van der Waals surface area contributed by atoms with Crippen LogP contribution in [0.3, 0.4) is 0 Å². The molecule has 0 aromatic carbocycles. The molecular weight excluding hydrogens is 274 g/mol. The maximum absolute atomic E-state index is 12.2. The van der Waals surface area contributed by atoms with E-state index in [-0.39, 0.29) is 17.5 Å². The largest absolute Gasteiger partial charge is 0.336 e. The van der Waals surface area contributed by atoms with Gasteiger partial charge >= 0.3 is 0 Å². The topological polar surface area (TPSA) is 45.2 Å². The highest BCUT2D eigenvalue weighted by Gasteiger charge is 2.39. The highest BCUT2D eigenvalue weighted by molar-refractivity contribution is 5.80. The van der Waals surface area contributed by atoms with Crippen molar-refractivity contribution in [2.45, 2.75) is 64.1 Å². The fourth-order valence-electron chi connectivity index (χ4n) is 3.37. The van der Waals surface area contributed by atoms with Crippen molar-refractivity contribution in [1.82, 2.24) is 15.2 Å². The molecule has 1 N–H and O–H groups in total. The fraction of sp³-hybridized carbons (Fsp3) is 0.667. The Morgan fingerprint density at radius 3 is 2.68 bits per heavy atom. The van der Waals surface area contributed by atoms with Gasteiger partial charge in [0.1, 0.15) is 0 Å². The van der Waals surface area contributed by atoms with Crippen LogP contribution in [0.15, 0.2) is 24.4 Å². The summed E-state index contributed by atoms with van der Waals surface area (Å²) in [5.74, 6) is 1.03. The van der Waals surface area contributed by atoms with Gasteiger partial charge in [-0.25, -0.2) is 0 Å². The second kappa shape index (κ2) is 5.99. The Kier molecular flexibility index (Phi) is 4.22. The van der Waals surface area contributed by atoms with Crippen molar-refractivity contribution >= 4 is 5.91 Å². The Bertz CT molecular complexity index is 519. The van der Waals surface area contributed by atoms with Gasteiger partial charge in [-0.2, -0.15) is 0 Å². The number of nitrogens with one attached hydrogen (secondary N) is 1. The lowest BCUT2D eigenvalue weighted by atomic mass is 10.0. The van der Waals surface area contributed by atoms with Crippen LogP contribution in [-0.2, 0) is 11.2 Å². The molecule has 0 bridgehead atoms. The predicted octanol–water partition coefficient (Wildman–Crippen LogP) is 2.39. The fourth-order valence-corrected chi connectivity index (χ4v) is 3.37. The Hall–Kier alpha value is -1.42. The number of nitrogens with zero attached hydrogens (tertiary/aromatic N) is 2. The summed E-state index contributed by atoms with van der Waals surface area (Å²) in [4.78, 5) is 18.7. The molecule has 2 atom stereocenters. The third kappa shape index (κ3) is 3.67. The van der Waals surface area contributed by atoms with E-state index in [2.05, 4.69) is 37.1 Å². The van der Waals surface area contributed by atoms with E-state index in [1.807, 2.05) is 23.2 Å². The molecule has 22 heavy (non-hydrogen) atoms. The molecule has 3 rings (SSSR count). The van der Waals surface area contributed by atoms with Gasteiger partial charge in [-0.05, 0) is 51.7 Å². The molecular formula is C18H27N3O. The van der Waals surface area contributed by atoms with E-state index in [9.17, 15) is 4.79 Å². The minimum absolute atomic E-state index is 0.0798. The van der Waals surface area contributed by atoms with Crippen molar-refractivity contribution in [1.29, 1.82) is 0 Å². The van der Waals surface area contributed by atoms with Gasteiger partial charge in [0.05, 0.1) is 0 Å². The number of rotatable bonds is 5. The molecule has 1 aliphatic carbocycles. The zero-order valence-corrected chi connectivity index (χ0v) is 13.9. The van der Waals surface area contributed by atoms with Crippen LogP contribution >= 0.6 is 0 Å². The minimum atomic E-state index is -0.0798. The summed E-state index contributed by atoms with van der Waals surface area (Å²) >= 11 is 0. The molecule has 0 spiro atoms. The van der Waals surface area contributed by atoms with E-state index in [1.165, 1.54) is 12.8 Å². The van der Waals surface area contributed by atoms with Crippen molar-refractivity contribution in [3.05, 3.63) is 30.1 Å². The summed E-state index contributed by atoms with van der Waals surface area (Å²) in [6.07, 6.45) is 6.05. The van der Waals surface area contributed by atoms with Gasteiger partial charge in [0.25, 0.3) is 0 Å². The number of hydrogen-bond donors (Lipinski definition) is 1. The molecule has 1 aromatic rings. The van der Waals surface area contributed by atoms with Crippen molar-refractivity contribution in [3.8, 4) is 0 Å². The van der Waals surface area contributed by atoms with Gasteiger partial charge in [0, 0.05) is 48.9 Å². The molecule has 1 aliphatic heterocycles. The second-order valence-corrected chi connectivity index (χ2v) is 7.71. The van der Waals surface area contributed by atoms with E-state index >= 15 is 0 Å². The first-order valence-corrected chi connectivity index (χ1v) is 8.40. The monoisotopic (exact) mass is 301 g/mol. The molecule has 0 radical (unpaired) electrons. The van der Waals surface area contributed by atoms with Gasteiger partial charge in [-0.3, -0.25) is 9.78 Å². The van der Waals surface area contributed by atoms with Gasteiger partial charge in [-0.15, -0.1) is 0 Å². The SMILES string of the molecule is CC(C)(C)N1CC(NC(Cc2ccccn2)C2CC2)CC1=O. The van der Waals surface area contributed by atoms with E-state index in [0.717, 1.165) is 24.6 Å². The second-order valence-electron chi connectivity index (χ2n) is 7.71. The van der Waals surface area contributed by atoms with Gasteiger partial charge < -0.3 is 10.2 Å². The maximum Gasteiger partial charge on any atom is 0.224 e. The molecule has 120 valence electrons. The molecule has 1 saturated carbocycles. The first kappa shape index (κ1) is 15.5. The van der Waals surface area contributed by atoms with E-state index in [4.69, 9.17) is 0 Å². The average molecular weight is 301 g/mol. The third-order valence-electron chi connectivity index (χ3n) is 4.73. The van der Waals surface area contributed by atoms with Crippen molar-refractivity contribution in [2.24, 2.45) is 5.92 Å². The normalized spacial score (nSPS) is 23.9. The summed E-state index contributed by atoms with van der Waals surface area (Å²) in [7, 11) is 0. The first-order chi connectivity index (χ1) is 10.4. The van der Waals surface area contributed by atoms with Crippen molar-refractivity contribution < 1.29 is 4.79 Å². The summed E-state index contributed by atoms with van der Waals surface area (Å²) in [6.45, 7) is 7.16. The van der Waals surface area contributed by atoms with E-state index < -0.39 is 0 Å². The van der Waals surface area contributed by atoms with Crippen LogP contribution in [0.1, 0.15) is 45.7 Å². The Balaban J connectivity index is 1.62. The van der Waals surface area contributed by atoms with Crippen LogP contribution in [0.2, 0.25) is 0 Å². The molecule has 1 aromatic heterocycles. The van der Waals surface area contributed by atoms with E-state index in [0.29, 0.717) is 12.5 Å². The summed E-state index contributed by atoms with van der Waals surface area (Å²) in [6, 6.07) is 6.83. The minimum Gasteiger partial charge on any atom is -0.336 e. The maximum atomic E-state index is 12.2. The van der Waals surface area contributed by atoms with Crippen LogP contribution in [-0.4, -0.2) is 40.0 Å². The first-order valence-electron chi connectivity index (χ1n) is 8.40. The van der Waals surface area contributed by atoms with Crippen LogP contribution in [0.25, 0.3) is 0 Å². The lowest BCUT2D eigenvalue weighted by Gasteiger charge is -2.32. The van der Waals surface area contributed by atoms with Gasteiger partial charge in [0.15, 0.2) is 0 Å². The summed E-state index contributed by atoms with van der Waals surface area (Å²) in [5.41, 5.74) is 1.06. The molecule has 2 aliphatic rings. The van der Waals surface area contributed by atoms with Crippen LogP contribution < -0.4 is 5.32 Å². The van der Waals surface area contributed by atoms with Crippen molar-refractivity contribution in [2.75, 3.05) is 6.54 Å². The molecule has 2 fully saturated rings. The number of aromatic nitrogens is 1. The quantitative estimate of drug-likeness (QED) is 0.908. The number of pyridine rings is 1. The smallest absolute Gasteiger partial charge is 0.224 e. The number of hydrogen-bond acceptors (Lipinski definition) is 3. The molecule has 1 amide bonds. The third-order valence-corrected chi connectivity index (χ3v) is 4.73. The van der Waals surface area contributed by atoms with Crippen molar-refractivity contribution in [3.63, 3.8) is 0 Å². The predicted molar refractivity (Wildman–Crippen MR) is 87.5 cm³/mol. The summed E-state index contributed by atoms with van der Waals surface area (Å²) < 4.78 is 0. The Morgan fingerprint density at radius 2 is 2.14 bits per heavy atom. The van der Waals surface area contributed by atoms with Crippen LogP contribution in [0.4, 0.5) is 0 Å². The highest BCUT2D eigenvalue weighted by Crippen LogP contribution is 2.35. The molecule has 4 heteroatoms. The standard InChI is InChI=1S/C18H27N3O/c1-18(2,3)21-12-15(11-17(21)22)20-16(13-7-8-13)10-14-6-4-5-9-19-14/h4-6,9,13,15-16,20H,7-8,10-12H2,1-3H3. The zero-order valence-electron chi connectivity index (χ0n) is 13.9. The van der Waals surface area contributed by atoms with Gasteiger partial charge in [-0.1, -0.05) is 6.07 Å². The number of carbonyl (C=O) groups excluding carboxylic acids is 1. The number of amides is 1. The number of carbonyl (C=O) groups is 1. The van der Waals surface area contributed by atoms with Crippen LogP contribution in [0, 0.1) is 5.92 Å². The Morgan fingerprint density at radius 1 is 1.36 bits per heavy atom. The average Bonchev–Trinajstić information content (AvgIpc) is 3.22. The highest BCUT2D eigenvalue weighted by atomic mass is 16.2. The zero-order chi connectivity index (χ0) is 15.7. The molecule has 2 heterocycles. The summed E-state index contributed by atoms with van der Waals surface area (Å²) in [5, 5.41) is 3.76. The van der Waals surface area contributed by atoms with E-state index in [1.54, 1.807) is 0 Å². The lowest BCUT2D eigenvalue weighted by Crippen LogP contribution is -2.46. The molecule has 4 nitrogen and oxygen atoms in total. The van der Waals surface area contributed by atoms with Gasteiger partial charge in [0.2, 0.25) is 5.91 Å². The Labute approximate surface area is 133 Å². The van der Waals surface area contributed by atoms with Crippen LogP contribution in [0.5, 0.6) is 0 Å².